The Hall–Kier alpha value is -3.44. The van der Waals surface area contributed by atoms with Crippen molar-refractivity contribution in [2.45, 2.75) is 6.92 Å². The number of carbonyl (C=O) groups is 3. The minimum absolute atomic E-state index is 0.0100. The highest BCUT2D eigenvalue weighted by molar-refractivity contribution is 7.89. The summed E-state index contributed by atoms with van der Waals surface area (Å²) in [5.41, 5.74) is 2.25. The Morgan fingerprint density at radius 1 is 0.912 bits per heavy atom. The number of amides is 1. The number of ether oxygens (including phenoxy) is 2. The van der Waals surface area contributed by atoms with E-state index in [0.717, 1.165) is 11.3 Å². The van der Waals surface area contributed by atoms with Gasteiger partial charge < -0.3 is 19.7 Å². The van der Waals surface area contributed by atoms with E-state index in [-0.39, 0.29) is 29.9 Å². The molecule has 0 unspecified atom stereocenters. The number of sulfonamides is 1. The van der Waals surface area contributed by atoms with Crippen LogP contribution in [0.25, 0.3) is 0 Å². The van der Waals surface area contributed by atoms with E-state index < -0.39 is 33.6 Å². The van der Waals surface area contributed by atoms with Crippen molar-refractivity contribution in [1.29, 1.82) is 0 Å². The molecule has 1 heterocycles. The number of hydrogen-bond acceptors (Lipinski definition) is 8. The molecule has 2 aromatic rings. The molecule has 1 saturated heterocycles. The third-order valence-electron chi connectivity index (χ3n) is 5.37. The SMILES string of the molecule is COC(=O)c1cc(NC(=O)CS(=O)(=O)N2CCN(c3cccc(C)c3)CC2)cc(C(=O)OC)c1. The van der Waals surface area contributed by atoms with E-state index in [1.807, 2.05) is 31.2 Å². The van der Waals surface area contributed by atoms with E-state index >= 15 is 0 Å². The summed E-state index contributed by atoms with van der Waals surface area (Å²) in [5, 5.41) is 2.45. The van der Waals surface area contributed by atoms with Crippen molar-refractivity contribution < 1.29 is 32.3 Å². The number of benzene rings is 2. The summed E-state index contributed by atoms with van der Waals surface area (Å²) in [6, 6.07) is 11.8. The first kappa shape index (κ1) is 25.2. The van der Waals surface area contributed by atoms with Crippen LogP contribution in [-0.2, 0) is 24.3 Å². The minimum Gasteiger partial charge on any atom is -0.465 e. The molecule has 2 aromatic carbocycles. The maximum absolute atomic E-state index is 12.8. The standard InChI is InChI=1S/C23H27N3O7S/c1-16-5-4-6-20(11-16)25-7-9-26(10-8-25)34(30,31)15-21(27)24-19-13-17(22(28)32-2)12-18(14-19)23(29)33-3/h4-6,11-14H,7-10,15H2,1-3H3,(H,24,27). The van der Waals surface area contributed by atoms with Gasteiger partial charge in [-0.1, -0.05) is 12.1 Å². The van der Waals surface area contributed by atoms with Gasteiger partial charge >= 0.3 is 11.9 Å². The highest BCUT2D eigenvalue weighted by atomic mass is 32.2. The van der Waals surface area contributed by atoms with Crippen molar-refractivity contribution in [1.82, 2.24) is 4.31 Å². The van der Waals surface area contributed by atoms with Gasteiger partial charge in [-0.25, -0.2) is 18.0 Å². The van der Waals surface area contributed by atoms with Crippen LogP contribution in [0.2, 0.25) is 0 Å². The summed E-state index contributed by atoms with van der Waals surface area (Å²) < 4.78 is 36.3. The maximum Gasteiger partial charge on any atom is 0.337 e. The summed E-state index contributed by atoms with van der Waals surface area (Å²) in [7, 11) is -1.51. The molecule has 34 heavy (non-hydrogen) atoms. The molecule has 10 nitrogen and oxygen atoms in total. The molecule has 0 spiro atoms. The Morgan fingerprint density at radius 3 is 2.03 bits per heavy atom. The highest BCUT2D eigenvalue weighted by Crippen LogP contribution is 2.20. The number of hydrogen-bond donors (Lipinski definition) is 1. The first-order chi connectivity index (χ1) is 16.1. The molecule has 0 radical (unpaired) electrons. The molecule has 0 saturated carbocycles. The number of anilines is 2. The molecule has 0 aliphatic carbocycles. The van der Waals surface area contributed by atoms with Gasteiger partial charge in [-0.2, -0.15) is 4.31 Å². The van der Waals surface area contributed by atoms with Gasteiger partial charge in [0, 0.05) is 37.6 Å². The lowest BCUT2D eigenvalue weighted by atomic mass is 10.1. The van der Waals surface area contributed by atoms with Gasteiger partial charge in [-0.15, -0.1) is 0 Å². The van der Waals surface area contributed by atoms with Crippen LogP contribution in [0.4, 0.5) is 11.4 Å². The topological polar surface area (TPSA) is 122 Å². The monoisotopic (exact) mass is 489 g/mol. The van der Waals surface area contributed by atoms with E-state index in [0.29, 0.717) is 13.1 Å². The predicted molar refractivity (Wildman–Crippen MR) is 127 cm³/mol. The van der Waals surface area contributed by atoms with Crippen LogP contribution >= 0.6 is 0 Å². The number of piperazine rings is 1. The fourth-order valence-electron chi connectivity index (χ4n) is 3.67. The van der Waals surface area contributed by atoms with E-state index in [2.05, 4.69) is 19.7 Å². The summed E-state index contributed by atoms with van der Waals surface area (Å²) in [5.74, 6) is -3.01. The molecule has 182 valence electrons. The number of nitrogens with one attached hydrogen (secondary N) is 1. The molecule has 1 aliphatic heterocycles. The Bertz CT molecular complexity index is 1150. The zero-order valence-electron chi connectivity index (χ0n) is 19.2. The Labute approximate surface area is 198 Å². The van der Waals surface area contributed by atoms with Gasteiger partial charge in [-0.05, 0) is 42.8 Å². The molecular formula is C23H27N3O7S. The van der Waals surface area contributed by atoms with Gasteiger partial charge in [0.15, 0.2) is 0 Å². The van der Waals surface area contributed by atoms with Crippen LogP contribution in [0.1, 0.15) is 26.3 Å². The fourth-order valence-corrected chi connectivity index (χ4v) is 4.98. The number of carbonyl (C=O) groups excluding carboxylic acids is 3. The van der Waals surface area contributed by atoms with Gasteiger partial charge in [-0.3, -0.25) is 4.79 Å². The second kappa shape index (κ2) is 10.7. The molecule has 1 fully saturated rings. The van der Waals surface area contributed by atoms with Crippen LogP contribution in [0, 0.1) is 6.92 Å². The van der Waals surface area contributed by atoms with E-state index in [1.165, 1.54) is 36.7 Å². The second-order valence-corrected chi connectivity index (χ2v) is 9.78. The minimum atomic E-state index is -3.87. The van der Waals surface area contributed by atoms with Crippen LogP contribution < -0.4 is 10.2 Å². The smallest absolute Gasteiger partial charge is 0.337 e. The number of methoxy groups -OCH3 is 2. The Balaban J connectivity index is 1.66. The van der Waals surface area contributed by atoms with E-state index in [9.17, 15) is 22.8 Å². The normalized spacial score (nSPS) is 14.4. The van der Waals surface area contributed by atoms with Crippen molar-refractivity contribution in [2.75, 3.05) is 56.4 Å². The van der Waals surface area contributed by atoms with Crippen molar-refractivity contribution >= 4 is 39.2 Å². The van der Waals surface area contributed by atoms with Crippen molar-refractivity contribution in [3.8, 4) is 0 Å². The largest absolute Gasteiger partial charge is 0.465 e. The van der Waals surface area contributed by atoms with Gasteiger partial charge in [0.25, 0.3) is 0 Å². The molecule has 11 heteroatoms. The molecule has 3 rings (SSSR count). The summed E-state index contributed by atoms with van der Waals surface area (Å²) >= 11 is 0. The number of rotatable bonds is 7. The lowest BCUT2D eigenvalue weighted by molar-refractivity contribution is -0.113. The zero-order valence-corrected chi connectivity index (χ0v) is 20.1. The lowest BCUT2D eigenvalue weighted by Crippen LogP contribution is -2.50. The Kier molecular flexibility index (Phi) is 7.90. The average molecular weight is 490 g/mol. The fraction of sp³-hybridized carbons (Fsp3) is 0.348. The van der Waals surface area contributed by atoms with Crippen LogP contribution in [-0.4, -0.2) is 76.7 Å². The summed E-state index contributed by atoms with van der Waals surface area (Å²) in [6.45, 7) is 3.53. The van der Waals surface area contributed by atoms with Gasteiger partial charge in [0.05, 0.1) is 25.3 Å². The van der Waals surface area contributed by atoms with Crippen LogP contribution in [0.5, 0.6) is 0 Å². The molecule has 1 aliphatic rings. The first-order valence-electron chi connectivity index (χ1n) is 10.5. The maximum atomic E-state index is 12.8. The van der Waals surface area contributed by atoms with Crippen molar-refractivity contribution in [3.63, 3.8) is 0 Å². The van der Waals surface area contributed by atoms with E-state index in [1.54, 1.807) is 0 Å². The third kappa shape index (κ3) is 6.12. The molecule has 1 amide bonds. The van der Waals surface area contributed by atoms with Crippen molar-refractivity contribution in [3.05, 3.63) is 59.2 Å². The number of esters is 2. The van der Waals surface area contributed by atoms with E-state index in [4.69, 9.17) is 0 Å². The molecule has 1 N–H and O–H groups in total. The van der Waals surface area contributed by atoms with Crippen molar-refractivity contribution in [2.24, 2.45) is 0 Å². The number of nitrogens with zero attached hydrogens (tertiary/aromatic N) is 2. The average Bonchev–Trinajstić information content (AvgIpc) is 2.82. The molecule has 0 aromatic heterocycles. The van der Waals surface area contributed by atoms with Gasteiger partial charge in [0.2, 0.25) is 15.9 Å². The quantitative estimate of drug-likeness (QED) is 0.583. The molecule has 0 bridgehead atoms. The van der Waals surface area contributed by atoms with Crippen LogP contribution in [0.15, 0.2) is 42.5 Å². The van der Waals surface area contributed by atoms with Gasteiger partial charge in [0.1, 0.15) is 5.75 Å². The number of aryl methyl sites for hydroxylation is 1. The first-order valence-corrected chi connectivity index (χ1v) is 12.1. The Morgan fingerprint density at radius 2 is 1.50 bits per heavy atom. The second-order valence-electron chi connectivity index (χ2n) is 7.81. The summed E-state index contributed by atoms with van der Waals surface area (Å²) in [6.07, 6.45) is 0. The zero-order chi connectivity index (χ0) is 24.9. The third-order valence-corrected chi connectivity index (χ3v) is 7.15. The van der Waals surface area contributed by atoms with Crippen LogP contribution in [0.3, 0.4) is 0 Å². The molecular weight excluding hydrogens is 462 g/mol. The highest BCUT2D eigenvalue weighted by Gasteiger charge is 2.29. The summed E-state index contributed by atoms with van der Waals surface area (Å²) in [4.78, 5) is 38.4. The predicted octanol–water partition coefficient (Wildman–Crippen LogP) is 1.66. The lowest BCUT2D eigenvalue weighted by Gasteiger charge is -2.35. The molecule has 0 atom stereocenters.